The van der Waals surface area contributed by atoms with Crippen molar-refractivity contribution in [3.05, 3.63) is 112 Å². The highest BCUT2D eigenvalue weighted by molar-refractivity contribution is 6.05. The Morgan fingerprint density at radius 3 is 2.38 bits per heavy atom. The number of hydrogen-bond donors (Lipinski definition) is 2. The molecule has 0 aromatic heterocycles. The summed E-state index contributed by atoms with van der Waals surface area (Å²) in [5.41, 5.74) is 5.62. The number of carbonyl (C=O) groups is 3. The molecule has 2 unspecified atom stereocenters. The minimum Gasteiger partial charge on any atom is -0.508 e. The highest BCUT2D eigenvalue weighted by atomic mass is 19.1. The number of carbonyl (C=O) groups excluding carboxylic acids is 3. The van der Waals surface area contributed by atoms with Crippen LogP contribution in [0.5, 0.6) is 17.2 Å². The molecule has 4 aromatic carbocycles. The number of fused-ring (bicyclic) bond motifs is 2. The number of rotatable bonds is 8. The van der Waals surface area contributed by atoms with Gasteiger partial charge in [-0.2, -0.15) is 0 Å². The number of benzene rings is 4. The summed E-state index contributed by atoms with van der Waals surface area (Å²) in [4.78, 5) is 45.9. The minimum absolute atomic E-state index is 0.0870. The second-order valence-corrected chi connectivity index (χ2v) is 16.2. The molecule has 3 atom stereocenters. The molecule has 0 spiro atoms. The molecule has 2 N–H and O–H groups in total. The molecule has 3 fully saturated rings. The average Bonchev–Trinajstić information content (AvgIpc) is 3.55. The van der Waals surface area contributed by atoms with Crippen LogP contribution in [0.1, 0.15) is 70.1 Å². The van der Waals surface area contributed by atoms with Crippen LogP contribution in [0.4, 0.5) is 20.2 Å². The van der Waals surface area contributed by atoms with Gasteiger partial charge in [-0.3, -0.25) is 24.6 Å². The molecule has 302 valence electrons. The molecule has 5 heterocycles. The van der Waals surface area contributed by atoms with E-state index in [1.165, 1.54) is 13.2 Å². The van der Waals surface area contributed by atoms with Gasteiger partial charge in [-0.25, -0.2) is 8.78 Å². The van der Waals surface area contributed by atoms with E-state index < -0.39 is 17.8 Å². The number of nitrogens with zero attached hydrogens (tertiary/aromatic N) is 4. The summed E-state index contributed by atoms with van der Waals surface area (Å²) < 4.78 is 41.9. The highest BCUT2D eigenvalue weighted by Gasteiger charge is 2.40. The topological polar surface area (TPSA) is 115 Å². The van der Waals surface area contributed by atoms with Crippen molar-refractivity contribution in [3.8, 4) is 17.2 Å². The van der Waals surface area contributed by atoms with Gasteiger partial charge in [0.05, 0.1) is 19.4 Å². The number of phenols is 1. The summed E-state index contributed by atoms with van der Waals surface area (Å²) in [6.45, 7) is 6.75. The smallest absolute Gasteiger partial charge is 0.255 e. The largest absolute Gasteiger partial charge is 0.508 e. The van der Waals surface area contributed by atoms with Crippen LogP contribution in [0.15, 0.2) is 72.8 Å². The number of aromatic hydroxyl groups is 1. The van der Waals surface area contributed by atoms with E-state index in [4.69, 9.17) is 9.47 Å². The third kappa shape index (κ3) is 7.20. The van der Waals surface area contributed by atoms with E-state index in [-0.39, 0.29) is 54.0 Å². The van der Waals surface area contributed by atoms with Gasteiger partial charge in [0.2, 0.25) is 11.8 Å². The highest BCUT2D eigenvalue weighted by Crippen LogP contribution is 2.48. The quantitative estimate of drug-likeness (QED) is 0.214. The average molecular weight is 792 g/mol. The summed E-state index contributed by atoms with van der Waals surface area (Å²) in [5.74, 6) is -0.850. The summed E-state index contributed by atoms with van der Waals surface area (Å²) in [6.07, 6.45) is 2.52. The molecule has 9 rings (SSSR count). The van der Waals surface area contributed by atoms with Gasteiger partial charge in [0, 0.05) is 93.5 Å². The zero-order valence-electron chi connectivity index (χ0n) is 32.5. The Balaban J connectivity index is 0.807. The number of ether oxygens (including phenoxy) is 2. The molecule has 5 aliphatic rings. The van der Waals surface area contributed by atoms with Gasteiger partial charge in [0.1, 0.15) is 23.4 Å². The van der Waals surface area contributed by atoms with E-state index in [2.05, 4.69) is 26.1 Å². The van der Waals surface area contributed by atoms with Crippen molar-refractivity contribution in [2.24, 2.45) is 5.92 Å². The van der Waals surface area contributed by atoms with Crippen molar-refractivity contribution in [1.29, 1.82) is 0 Å². The maximum Gasteiger partial charge on any atom is 0.255 e. The van der Waals surface area contributed by atoms with Crippen LogP contribution in [0, 0.1) is 17.6 Å². The standard InChI is InChI=1S/C45H47F2N5O6/c1-57-41-22-28(2-8-36(41)46)35-26-58-40-23-32(53)5-7-34(40)43(35)29-3-9-38(37(47)21-29)51-14-12-27(13-15-51)24-49-16-18-50(19-17-49)31-4-6-33-30(20-31)25-52(45(33)56)39-10-11-42(54)48-44(39)55/h2-9,20-23,27,35,39,43,53H,10-19,24-26H2,1H3,(H,48,54,55)/t35?,39?,43-/m1/s1. The van der Waals surface area contributed by atoms with Gasteiger partial charge in [-0.05, 0) is 90.4 Å². The number of amides is 3. The van der Waals surface area contributed by atoms with Crippen molar-refractivity contribution in [2.75, 3.05) is 69.3 Å². The van der Waals surface area contributed by atoms with Crippen LogP contribution < -0.4 is 24.6 Å². The Kier molecular flexibility index (Phi) is 10.2. The first-order valence-electron chi connectivity index (χ1n) is 20.2. The third-order valence-electron chi connectivity index (χ3n) is 12.8. The fourth-order valence-corrected chi connectivity index (χ4v) is 9.65. The van der Waals surface area contributed by atoms with E-state index >= 15 is 4.39 Å². The molecule has 4 aromatic rings. The zero-order chi connectivity index (χ0) is 40.1. The summed E-state index contributed by atoms with van der Waals surface area (Å²) in [6, 6.07) is 20.6. The molecule has 0 radical (unpaired) electrons. The Hall–Kier alpha value is -5.69. The maximum atomic E-state index is 16.2. The van der Waals surface area contributed by atoms with E-state index in [0.717, 1.165) is 86.6 Å². The lowest BCUT2D eigenvalue weighted by molar-refractivity contribution is -0.136. The van der Waals surface area contributed by atoms with Crippen molar-refractivity contribution in [1.82, 2.24) is 15.1 Å². The Morgan fingerprint density at radius 1 is 0.828 bits per heavy atom. The van der Waals surface area contributed by atoms with Crippen LogP contribution in [0.3, 0.4) is 0 Å². The van der Waals surface area contributed by atoms with E-state index in [0.29, 0.717) is 35.9 Å². The van der Waals surface area contributed by atoms with Gasteiger partial charge in [-0.15, -0.1) is 0 Å². The lowest BCUT2D eigenvalue weighted by Crippen LogP contribution is -2.52. The molecule has 58 heavy (non-hydrogen) atoms. The van der Waals surface area contributed by atoms with Crippen molar-refractivity contribution in [2.45, 2.75) is 50.1 Å². The predicted octanol–water partition coefficient (Wildman–Crippen LogP) is 5.79. The second kappa shape index (κ2) is 15.6. The number of anilines is 2. The number of imide groups is 1. The molecule has 0 aliphatic carbocycles. The monoisotopic (exact) mass is 791 g/mol. The molecule has 13 heteroatoms. The summed E-state index contributed by atoms with van der Waals surface area (Å²) >= 11 is 0. The number of hydrogen-bond acceptors (Lipinski definition) is 9. The Morgan fingerprint density at radius 2 is 1.62 bits per heavy atom. The number of halogens is 2. The third-order valence-corrected chi connectivity index (χ3v) is 12.8. The van der Waals surface area contributed by atoms with E-state index in [9.17, 15) is 23.9 Å². The Bertz CT molecular complexity index is 2250. The first-order chi connectivity index (χ1) is 28.1. The van der Waals surface area contributed by atoms with E-state index in [1.54, 1.807) is 35.2 Å². The molecule has 0 bridgehead atoms. The molecule has 3 saturated heterocycles. The molecule has 5 aliphatic heterocycles. The number of nitrogens with one attached hydrogen (secondary N) is 1. The SMILES string of the molecule is COc1cc(C2COc3cc(O)ccc3[C@H]2c2ccc(N3CCC(CN4CCN(c5ccc6c(c5)CN(C5CCC(=O)NC5=O)C6=O)CC4)CC3)c(F)c2)ccc1F. The summed E-state index contributed by atoms with van der Waals surface area (Å²) in [5, 5.41) is 12.5. The first-order valence-corrected chi connectivity index (χ1v) is 20.2. The number of methoxy groups -OCH3 is 1. The summed E-state index contributed by atoms with van der Waals surface area (Å²) in [7, 11) is 1.43. The lowest BCUT2D eigenvalue weighted by atomic mass is 9.75. The molecular weight excluding hydrogens is 745 g/mol. The van der Waals surface area contributed by atoms with Crippen LogP contribution >= 0.6 is 0 Å². The normalized spacial score (nSPS) is 22.7. The first kappa shape index (κ1) is 37.9. The number of piperidine rings is 2. The van der Waals surface area contributed by atoms with Gasteiger partial charge >= 0.3 is 0 Å². The van der Waals surface area contributed by atoms with Gasteiger partial charge in [-0.1, -0.05) is 18.2 Å². The van der Waals surface area contributed by atoms with Gasteiger partial charge < -0.3 is 29.3 Å². The van der Waals surface area contributed by atoms with Crippen LogP contribution in [-0.2, 0) is 16.1 Å². The number of phenolic OH excluding ortho intramolecular Hbond substituents is 1. The maximum absolute atomic E-state index is 16.2. The van der Waals surface area contributed by atoms with Crippen molar-refractivity contribution < 1.29 is 37.7 Å². The van der Waals surface area contributed by atoms with Gasteiger partial charge in [0.15, 0.2) is 11.6 Å². The molecule has 3 amide bonds. The lowest BCUT2D eigenvalue weighted by Gasteiger charge is -2.40. The Labute approximate surface area is 336 Å². The fourth-order valence-electron chi connectivity index (χ4n) is 9.65. The van der Waals surface area contributed by atoms with Crippen LogP contribution in [-0.4, -0.2) is 98.2 Å². The zero-order valence-corrected chi connectivity index (χ0v) is 32.5. The molecule has 11 nitrogen and oxygen atoms in total. The number of piperazine rings is 1. The van der Waals surface area contributed by atoms with Gasteiger partial charge in [0.25, 0.3) is 5.91 Å². The fraction of sp³-hybridized carbons (Fsp3) is 0.400. The second-order valence-electron chi connectivity index (χ2n) is 16.2. The van der Waals surface area contributed by atoms with Crippen molar-refractivity contribution >= 4 is 29.1 Å². The van der Waals surface area contributed by atoms with Crippen LogP contribution in [0.25, 0.3) is 0 Å². The molecule has 0 saturated carbocycles. The minimum atomic E-state index is -0.622. The van der Waals surface area contributed by atoms with Crippen molar-refractivity contribution in [3.63, 3.8) is 0 Å². The van der Waals surface area contributed by atoms with Crippen LogP contribution in [0.2, 0.25) is 0 Å². The predicted molar refractivity (Wildman–Crippen MR) is 214 cm³/mol. The molecular formula is C45H47F2N5O6. The van der Waals surface area contributed by atoms with E-state index in [1.807, 2.05) is 30.3 Å².